The monoisotopic (exact) mass is 520 g/mol. The molecule has 1 saturated heterocycles. The van der Waals surface area contributed by atoms with Gasteiger partial charge in [-0.25, -0.2) is 14.5 Å². The van der Waals surface area contributed by atoms with Crippen molar-refractivity contribution in [1.82, 2.24) is 5.32 Å². The van der Waals surface area contributed by atoms with Crippen molar-refractivity contribution in [3.63, 3.8) is 0 Å². The van der Waals surface area contributed by atoms with Gasteiger partial charge < -0.3 is 14.6 Å². The Morgan fingerprint density at radius 2 is 1.73 bits per heavy atom. The first kappa shape index (κ1) is 25.5. The number of nitrogens with zero attached hydrogens (tertiary/aromatic N) is 1. The minimum absolute atomic E-state index is 0.0924. The lowest BCUT2D eigenvalue weighted by atomic mass is 10.1. The number of amides is 4. The number of hydrogen-bond donors (Lipinski definition) is 2. The molecule has 3 aromatic carbocycles. The first-order valence-corrected chi connectivity index (χ1v) is 11.5. The number of carbonyl (C=O) groups excluding carboxylic acids is 3. The van der Waals surface area contributed by atoms with E-state index in [1.807, 2.05) is 0 Å². The number of urea groups is 1. The second kappa shape index (κ2) is 11.0. The highest BCUT2D eigenvalue weighted by molar-refractivity contribution is 6.39. The Bertz CT molecular complexity index is 1400. The van der Waals surface area contributed by atoms with Crippen LogP contribution in [0.25, 0.3) is 6.08 Å². The van der Waals surface area contributed by atoms with Crippen molar-refractivity contribution in [3.8, 4) is 11.5 Å². The van der Waals surface area contributed by atoms with E-state index in [0.29, 0.717) is 16.8 Å². The molecule has 188 valence electrons. The van der Waals surface area contributed by atoms with Crippen molar-refractivity contribution in [2.45, 2.75) is 13.5 Å². The zero-order valence-electron chi connectivity index (χ0n) is 19.6. The molecular weight excluding hydrogens is 500 g/mol. The Hall–Kier alpha value is -4.63. The van der Waals surface area contributed by atoms with Gasteiger partial charge in [0.1, 0.15) is 12.2 Å². The third-order valence-electron chi connectivity index (χ3n) is 5.34. The van der Waals surface area contributed by atoms with E-state index < -0.39 is 23.8 Å². The topological polar surface area (TPSA) is 122 Å². The molecule has 0 unspecified atom stereocenters. The van der Waals surface area contributed by atoms with Crippen LogP contribution < -0.4 is 19.7 Å². The summed E-state index contributed by atoms with van der Waals surface area (Å²) in [5.74, 6) is -2.11. The van der Waals surface area contributed by atoms with Crippen LogP contribution in [0.15, 0.2) is 72.3 Å². The number of benzene rings is 3. The summed E-state index contributed by atoms with van der Waals surface area (Å²) in [4.78, 5) is 49.9. The van der Waals surface area contributed by atoms with Gasteiger partial charge in [-0.1, -0.05) is 41.9 Å². The molecule has 0 spiro atoms. The summed E-state index contributed by atoms with van der Waals surface area (Å²) in [5.41, 5.74) is 1.31. The van der Waals surface area contributed by atoms with Crippen LogP contribution in [-0.4, -0.2) is 35.5 Å². The summed E-state index contributed by atoms with van der Waals surface area (Å²) in [7, 11) is 0. The number of imide groups is 2. The predicted molar refractivity (Wildman–Crippen MR) is 136 cm³/mol. The standard InChI is InChI=1S/C27H21ClN2O7/c1-2-36-22-14-17(13-21(28)23(22)37-15-16-8-10-18(11-9-16)26(33)34)12-20-24(31)29-27(35)30(25(20)32)19-6-4-3-5-7-19/h3-14H,2,15H2,1H3,(H,33,34)(H,29,31,35)/b20-12+. The summed E-state index contributed by atoms with van der Waals surface area (Å²) in [6.07, 6.45) is 1.32. The molecule has 4 amide bonds. The summed E-state index contributed by atoms with van der Waals surface area (Å²) < 4.78 is 11.5. The van der Waals surface area contributed by atoms with Gasteiger partial charge in [-0.15, -0.1) is 0 Å². The Morgan fingerprint density at radius 1 is 1.03 bits per heavy atom. The molecule has 2 N–H and O–H groups in total. The van der Waals surface area contributed by atoms with Crippen LogP contribution in [-0.2, 0) is 16.2 Å². The zero-order valence-corrected chi connectivity index (χ0v) is 20.3. The molecule has 1 heterocycles. The van der Waals surface area contributed by atoms with Crippen LogP contribution in [0.5, 0.6) is 11.5 Å². The number of carboxylic acids is 1. The molecule has 0 atom stereocenters. The molecule has 3 aromatic rings. The largest absolute Gasteiger partial charge is 0.490 e. The summed E-state index contributed by atoms with van der Waals surface area (Å²) in [5, 5.41) is 11.4. The fourth-order valence-corrected chi connectivity index (χ4v) is 3.88. The zero-order chi connectivity index (χ0) is 26.5. The smallest absolute Gasteiger partial charge is 0.335 e. The van der Waals surface area contributed by atoms with Crippen LogP contribution in [0.1, 0.15) is 28.4 Å². The lowest BCUT2D eigenvalue weighted by Crippen LogP contribution is -2.54. The van der Waals surface area contributed by atoms with Crippen LogP contribution in [0.4, 0.5) is 10.5 Å². The maximum absolute atomic E-state index is 13.1. The lowest BCUT2D eigenvalue weighted by molar-refractivity contribution is -0.122. The highest BCUT2D eigenvalue weighted by Crippen LogP contribution is 2.38. The Morgan fingerprint density at radius 3 is 2.38 bits per heavy atom. The third kappa shape index (κ3) is 5.62. The fraction of sp³-hybridized carbons (Fsp3) is 0.111. The average Bonchev–Trinajstić information content (AvgIpc) is 2.87. The lowest BCUT2D eigenvalue weighted by Gasteiger charge is -2.26. The third-order valence-corrected chi connectivity index (χ3v) is 5.62. The molecule has 9 nitrogen and oxygen atoms in total. The minimum atomic E-state index is -1.03. The van der Waals surface area contributed by atoms with Gasteiger partial charge in [-0.3, -0.25) is 14.9 Å². The van der Waals surface area contributed by atoms with E-state index in [9.17, 15) is 19.2 Å². The first-order valence-electron chi connectivity index (χ1n) is 11.2. The number of ether oxygens (including phenoxy) is 2. The van der Waals surface area contributed by atoms with Crippen LogP contribution in [0.2, 0.25) is 5.02 Å². The van der Waals surface area contributed by atoms with Gasteiger partial charge in [0.05, 0.1) is 22.9 Å². The minimum Gasteiger partial charge on any atom is -0.490 e. The molecule has 1 aliphatic heterocycles. The fourth-order valence-electron chi connectivity index (χ4n) is 3.61. The summed E-state index contributed by atoms with van der Waals surface area (Å²) in [6, 6.07) is 16.7. The molecule has 1 fully saturated rings. The summed E-state index contributed by atoms with van der Waals surface area (Å²) >= 11 is 6.48. The first-order chi connectivity index (χ1) is 17.8. The van der Waals surface area contributed by atoms with Gasteiger partial charge in [0, 0.05) is 0 Å². The summed E-state index contributed by atoms with van der Waals surface area (Å²) in [6.45, 7) is 2.15. The van der Waals surface area contributed by atoms with Gasteiger partial charge in [0.15, 0.2) is 11.5 Å². The van der Waals surface area contributed by atoms with Crippen molar-refractivity contribution < 1.29 is 33.8 Å². The number of anilines is 1. The number of carbonyl (C=O) groups is 4. The number of carboxylic acid groups (broad SMARTS) is 1. The van der Waals surface area contributed by atoms with Crippen molar-refractivity contribution >= 4 is 47.2 Å². The molecule has 1 aliphatic rings. The van der Waals surface area contributed by atoms with Crippen molar-refractivity contribution in [3.05, 3.63) is 94.0 Å². The predicted octanol–water partition coefficient (Wildman–Crippen LogP) is 4.68. The SMILES string of the molecule is CCOc1cc(/C=C2\C(=O)NC(=O)N(c3ccccc3)C2=O)cc(Cl)c1OCc1ccc(C(=O)O)cc1. The Balaban J connectivity index is 1.62. The van der Waals surface area contributed by atoms with Gasteiger partial charge in [-0.05, 0) is 60.5 Å². The normalized spacial score (nSPS) is 14.5. The van der Waals surface area contributed by atoms with Crippen LogP contribution >= 0.6 is 11.6 Å². The molecule has 0 radical (unpaired) electrons. The Kier molecular flexibility index (Phi) is 7.55. The van der Waals surface area contributed by atoms with Crippen LogP contribution in [0.3, 0.4) is 0 Å². The van der Waals surface area contributed by atoms with Gasteiger partial charge in [-0.2, -0.15) is 0 Å². The second-order valence-electron chi connectivity index (χ2n) is 7.85. The van der Waals surface area contributed by atoms with E-state index in [2.05, 4.69) is 5.32 Å². The molecule has 37 heavy (non-hydrogen) atoms. The highest BCUT2D eigenvalue weighted by Gasteiger charge is 2.36. The maximum Gasteiger partial charge on any atom is 0.335 e. The van der Waals surface area contributed by atoms with Gasteiger partial charge in [0.2, 0.25) is 0 Å². The van der Waals surface area contributed by atoms with E-state index in [-0.39, 0.29) is 40.9 Å². The Labute approximate surface area is 216 Å². The molecule has 0 aromatic heterocycles. The molecular formula is C27H21ClN2O7. The number of hydrogen-bond acceptors (Lipinski definition) is 6. The molecule has 0 saturated carbocycles. The number of halogens is 1. The quantitative estimate of drug-likeness (QED) is 0.326. The number of rotatable bonds is 8. The molecule has 0 aliphatic carbocycles. The van der Waals surface area contributed by atoms with E-state index in [1.54, 1.807) is 55.5 Å². The second-order valence-corrected chi connectivity index (χ2v) is 8.25. The average molecular weight is 521 g/mol. The number of aromatic carboxylic acids is 1. The number of nitrogens with one attached hydrogen (secondary N) is 1. The van der Waals surface area contributed by atoms with E-state index in [4.69, 9.17) is 26.2 Å². The van der Waals surface area contributed by atoms with Crippen molar-refractivity contribution in [2.75, 3.05) is 11.5 Å². The molecule has 4 rings (SSSR count). The molecule has 10 heteroatoms. The van der Waals surface area contributed by atoms with Gasteiger partial charge >= 0.3 is 12.0 Å². The number of barbiturate groups is 1. The van der Waals surface area contributed by atoms with E-state index in [1.165, 1.54) is 24.3 Å². The van der Waals surface area contributed by atoms with Crippen molar-refractivity contribution in [1.29, 1.82) is 0 Å². The maximum atomic E-state index is 13.1. The highest BCUT2D eigenvalue weighted by atomic mass is 35.5. The number of para-hydroxylation sites is 1. The molecule has 0 bridgehead atoms. The van der Waals surface area contributed by atoms with Crippen LogP contribution in [0, 0.1) is 0 Å². The van der Waals surface area contributed by atoms with Crippen molar-refractivity contribution in [2.24, 2.45) is 0 Å². The van der Waals surface area contributed by atoms with Gasteiger partial charge in [0.25, 0.3) is 11.8 Å². The van der Waals surface area contributed by atoms with E-state index >= 15 is 0 Å². The van der Waals surface area contributed by atoms with E-state index in [0.717, 1.165) is 4.90 Å².